The normalized spacial score (nSPS) is 12.2. The highest BCUT2D eigenvalue weighted by atomic mass is 15.0. The van der Waals surface area contributed by atoms with Gasteiger partial charge in [0.1, 0.15) is 5.65 Å². The van der Waals surface area contributed by atoms with Crippen LogP contribution in [-0.4, -0.2) is 14.4 Å². The summed E-state index contributed by atoms with van der Waals surface area (Å²) in [6.07, 6.45) is 5.49. The van der Waals surface area contributed by atoms with Crippen LogP contribution in [-0.2, 0) is 0 Å². The predicted molar refractivity (Wildman–Crippen MR) is 77.2 cm³/mol. The smallest absolute Gasteiger partial charge is 0.137 e. The highest BCUT2D eigenvalue weighted by molar-refractivity contribution is 5.67. The number of hydrogen-bond donors (Lipinski definition) is 0. The third-order valence-corrected chi connectivity index (χ3v) is 3.36. The average Bonchev–Trinajstić information content (AvgIpc) is 2.85. The first-order chi connectivity index (χ1) is 9.70. The van der Waals surface area contributed by atoms with Crippen LogP contribution in [0.5, 0.6) is 0 Å². The van der Waals surface area contributed by atoms with E-state index in [1.165, 1.54) is 0 Å². The molecule has 3 rings (SSSR count). The lowest BCUT2D eigenvalue weighted by atomic mass is 10.0. The lowest BCUT2D eigenvalue weighted by molar-refractivity contribution is 0.899. The Morgan fingerprint density at radius 2 is 2.20 bits per heavy atom. The molecule has 3 heterocycles. The molecule has 0 aliphatic heterocycles. The van der Waals surface area contributed by atoms with Gasteiger partial charge in [0.25, 0.3) is 0 Å². The second kappa shape index (κ2) is 4.78. The molecule has 0 amide bonds. The van der Waals surface area contributed by atoms with Crippen LogP contribution in [0.1, 0.15) is 24.1 Å². The second-order valence-electron chi connectivity index (χ2n) is 4.87. The summed E-state index contributed by atoms with van der Waals surface area (Å²) in [6.45, 7) is 3.93. The van der Waals surface area contributed by atoms with Gasteiger partial charge < -0.3 is 4.40 Å². The van der Waals surface area contributed by atoms with Crippen LogP contribution in [0.15, 0.2) is 42.9 Å². The number of hydrogen-bond acceptors (Lipinski definition) is 3. The van der Waals surface area contributed by atoms with Crippen molar-refractivity contribution < 1.29 is 0 Å². The fraction of sp³-hybridized carbons (Fsp3) is 0.188. The molecule has 98 valence electrons. The first kappa shape index (κ1) is 12.4. The molecule has 0 fully saturated rings. The van der Waals surface area contributed by atoms with Crippen molar-refractivity contribution >= 4 is 5.65 Å². The van der Waals surface area contributed by atoms with E-state index in [-0.39, 0.29) is 5.92 Å². The molecule has 20 heavy (non-hydrogen) atoms. The van der Waals surface area contributed by atoms with Crippen molar-refractivity contribution in [1.82, 2.24) is 14.4 Å². The van der Waals surface area contributed by atoms with Gasteiger partial charge in [0, 0.05) is 24.2 Å². The number of nitrogens with zero attached hydrogens (tertiary/aromatic N) is 4. The van der Waals surface area contributed by atoms with Crippen molar-refractivity contribution in [1.29, 1.82) is 5.26 Å². The topological polar surface area (TPSA) is 54.0 Å². The number of aromatic nitrogens is 3. The van der Waals surface area contributed by atoms with Gasteiger partial charge in [0.15, 0.2) is 0 Å². The second-order valence-corrected chi connectivity index (χ2v) is 4.87. The number of rotatable bonds is 2. The number of imidazole rings is 1. The van der Waals surface area contributed by atoms with E-state index in [1.54, 1.807) is 12.4 Å². The molecule has 0 N–H and O–H groups in total. The largest absolute Gasteiger partial charge is 0.302 e. The first-order valence-corrected chi connectivity index (χ1v) is 6.49. The van der Waals surface area contributed by atoms with Crippen molar-refractivity contribution in [3.63, 3.8) is 0 Å². The third-order valence-electron chi connectivity index (χ3n) is 3.36. The SMILES string of the molecule is Cc1ccn2c(C(C)C#N)c(-c3cccnc3)nc2c1. The molecular formula is C16H14N4. The summed E-state index contributed by atoms with van der Waals surface area (Å²) in [5, 5.41) is 9.29. The first-order valence-electron chi connectivity index (χ1n) is 6.49. The quantitative estimate of drug-likeness (QED) is 0.711. The van der Waals surface area contributed by atoms with E-state index >= 15 is 0 Å². The molecule has 0 aliphatic carbocycles. The summed E-state index contributed by atoms with van der Waals surface area (Å²) in [4.78, 5) is 8.83. The summed E-state index contributed by atoms with van der Waals surface area (Å²) in [7, 11) is 0. The van der Waals surface area contributed by atoms with Gasteiger partial charge in [-0.05, 0) is 43.7 Å². The third kappa shape index (κ3) is 1.94. The van der Waals surface area contributed by atoms with E-state index in [9.17, 15) is 5.26 Å². The zero-order valence-corrected chi connectivity index (χ0v) is 11.4. The summed E-state index contributed by atoms with van der Waals surface area (Å²) < 4.78 is 1.99. The van der Waals surface area contributed by atoms with Gasteiger partial charge in [-0.2, -0.15) is 5.26 Å². The lowest BCUT2D eigenvalue weighted by Gasteiger charge is -2.06. The maximum absolute atomic E-state index is 9.29. The van der Waals surface area contributed by atoms with Crippen molar-refractivity contribution in [2.75, 3.05) is 0 Å². The molecule has 1 unspecified atom stereocenters. The Balaban J connectivity index is 2.34. The van der Waals surface area contributed by atoms with Gasteiger partial charge in [-0.3, -0.25) is 4.98 Å². The Morgan fingerprint density at radius 1 is 1.35 bits per heavy atom. The van der Waals surface area contributed by atoms with E-state index in [0.29, 0.717) is 0 Å². The fourth-order valence-electron chi connectivity index (χ4n) is 2.36. The van der Waals surface area contributed by atoms with Gasteiger partial charge in [0.05, 0.1) is 23.4 Å². The van der Waals surface area contributed by atoms with E-state index in [0.717, 1.165) is 28.2 Å². The van der Waals surface area contributed by atoms with Crippen LogP contribution in [0.25, 0.3) is 16.9 Å². The Kier molecular flexibility index (Phi) is 2.96. The molecule has 0 aromatic carbocycles. The zero-order chi connectivity index (χ0) is 14.1. The summed E-state index contributed by atoms with van der Waals surface area (Å²) >= 11 is 0. The molecular weight excluding hydrogens is 248 g/mol. The molecule has 0 saturated heterocycles. The summed E-state index contributed by atoms with van der Waals surface area (Å²) in [5.74, 6) is -0.233. The monoisotopic (exact) mass is 262 g/mol. The Morgan fingerprint density at radius 3 is 2.90 bits per heavy atom. The van der Waals surface area contributed by atoms with Gasteiger partial charge in [-0.25, -0.2) is 4.98 Å². The molecule has 0 saturated carbocycles. The van der Waals surface area contributed by atoms with E-state index < -0.39 is 0 Å². The van der Waals surface area contributed by atoms with E-state index in [1.807, 2.05) is 48.7 Å². The lowest BCUT2D eigenvalue weighted by Crippen LogP contribution is -1.98. The number of pyridine rings is 2. The Bertz CT molecular complexity index is 796. The molecule has 4 heteroatoms. The molecule has 4 nitrogen and oxygen atoms in total. The van der Waals surface area contributed by atoms with Crippen LogP contribution >= 0.6 is 0 Å². The standard InChI is InChI=1S/C16H14N4/c1-11-5-7-20-14(8-11)19-15(16(20)12(2)9-17)13-4-3-6-18-10-13/h3-8,10,12H,1-2H3. The van der Waals surface area contributed by atoms with Crippen LogP contribution < -0.4 is 0 Å². The molecule has 0 spiro atoms. The summed E-state index contributed by atoms with van der Waals surface area (Å²) in [6, 6.07) is 10.2. The van der Waals surface area contributed by atoms with Crippen LogP contribution in [0, 0.1) is 18.3 Å². The zero-order valence-electron chi connectivity index (χ0n) is 11.4. The van der Waals surface area contributed by atoms with Gasteiger partial charge in [-0.1, -0.05) is 0 Å². The fourth-order valence-corrected chi connectivity index (χ4v) is 2.36. The molecule has 0 radical (unpaired) electrons. The maximum atomic E-state index is 9.29. The number of aryl methyl sites for hydroxylation is 1. The molecule has 1 atom stereocenters. The van der Waals surface area contributed by atoms with E-state index in [2.05, 4.69) is 16.0 Å². The maximum Gasteiger partial charge on any atom is 0.137 e. The predicted octanol–water partition coefficient (Wildman–Crippen LogP) is 3.33. The van der Waals surface area contributed by atoms with Gasteiger partial charge in [0.2, 0.25) is 0 Å². The molecule has 0 bridgehead atoms. The van der Waals surface area contributed by atoms with Crippen LogP contribution in [0.3, 0.4) is 0 Å². The van der Waals surface area contributed by atoms with Crippen LogP contribution in [0.2, 0.25) is 0 Å². The number of fused-ring (bicyclic) bond motifs is 1. The minimum absolute atomic E-state index is 0.233. The average molecular weight is 262 g/mol. The van der Waals surface area contributed by atoms with Crippen LogP contribution in [0.4, 0.5) is 0 Å². The molecule has 3 aromatic heterocycles. The van der Waals surface area contributed by atoms with Crippen molar-refractivity contribution in [2.45, 2.75) is 19.8 Å². The molecule has 0 aliphatic rings. The number of nitriles is 1. The van der Waals surface area contributed by atoms with E-state index in [4.69, 9.17) is 0 Å². The Hall–Kier alpha value is -2.67. The molecule has 3 aromatic rings. The highest BCUT2D eigenvalue weighted by Crippen LogP contribution is 2.29. The Labute approximate surface area is 117 Å². The van der Waals surface area contributed by atoms with Gasteiger partial charge in [-0.15, -0.1) is 0 Å². The highest BCUT2D eigenvalue weighted by Gasteiger charge is 2.19. The van der Waals surface area contributed by atoms with Crippen molar-refractivity contribution in [3.05, 3.63) is 54.1 Å². The minimum atomic E-state index is -0.233. The van der Waals surface area contributed by atoms with Crippen molar-refractivity contribution in [2.24, 2.45) is 0 Å². The minimum Gasteiger partial charge on any atom is -0.302 e. The van der Waals surface area contributed by atoms with Crippen molar-refractivity contribution in [3.8, 4) is 17.3 Å². The summed E-state index contributed by atoms with van der Waals surface area (Å²) in [5.41, 5.74) is 4.69. The van der Waals surface area contributed by atoms with Gasteiger partial charge >= 0.3 is 0 Å².